The first kappa shape index (κ1) is 11.9. The first-order chi connectivity index (χ1) is 9.22. The maximum atomic E-state index is 11.8. The van der Waals surface area contributed by atoms with Gasteiger partial charge in [-0.2, -0.15) is 0 Å². The summed E-state index contributed by atoms with van der Waals surface area (Å²) in [5.41, 5.74) is 2.13. The average Bonchev–Trinajstić information content (AvgIpc) is 2.40. The van der Waals surface area contributed by atoms with Crippen molar-refractivity contribution in [3.05, 3.63) is 68.0 Å². The van der Waals surface area contributed by atoms with Crippen LogP contribution in [-0.4, -0.2) is 16.5 Å². The van der Waals surface area contributed by atoms with Crippen molar-refractivity contribution in [2.24, 2.45) is 0 Å². The fourth-order valence-corrected chi connectivity index (χ4v) is 2.64. The summed E-state index contributed by atoms with van der Waals surface area (Å²) < 4.78 is 0. The summed E-state index contributed by atoms with van der Waals surface area (Å²) >= 11 is 0. The molecule has 1 aliphatic rings. The SMILES string of the molecule is O=c1[nH]c2c(c(=O)[nH]1)C[NH+](Cc1ccccc1)CC2. The van der Waals surface area contributed by atoms with Gasteiger partial charge >= 0.3 is 5.69 Å². The van der Waals surface area contributed by atoms with Gasteiger partial charge in [-0.15, -0.1) is 0 Å². The van der Waals surface area contributed by atoms with Gasteiger partial charge in [-0.25, -0.2) is 4.79 Å². The molecule has 1 unspecified atom stereocenters. The Labute approximate surface area is 109 Å². The molecular formula is C14H16N3O2+. The van der Waals surface area contributed by atoms with Crippen LogP contribution < -0.4 is 16.1 Å². The predicted octanol–water partition coefficient (Wildman–Crippen LogP) is -0.796. The van der Waals surface area contributed by atoms with Crippen molar-refractivity contribution < 1.29 is 4.90 Å². The van der Waals surface area contributed by atoms with Gasteiger partial charge in [0.25, 0.3) is 5.56 Å². The van der Waals surface area contributed by atoms with E-state index in [1.807, 2.05) is 18.2 Å². The molecule has 5 heteroatoms. The van der Waals surface area contributed by atoms with Crippen LogP contribution in [0.1, 0.15) is 16.8 Å². The van der Waals surface area contributed by atoms with Gasteiger partial charge in [0, 0.05) is 17.7 Å². The van der Waals surface area contributed by atoms with Crippen LogP contribution in [0.25, 0.3) is 0 Å². The number of nitrogens with one attached hydrogen (secondary N) is 3. The maximum absolute atomic E-state index is 11.8. The number of H-pyrrole nitrogens is 2. The third-order valence-electron chi connectivity index (χ3n) is 3.58. The van der Waals surface area contributed by atoms with E-state index in [4.69, 9.17) is 0 Å². The Kier molecular flexibility index (Phi) is 3.05. The molecule has 3 rings (SSSR count). The molecule has 0 aliphatic carbocycles. The lowest BCUT2D eigenvalue weighted by Gasteiger charge is -2.24. The zero-order chi connectivity index (χ0) is 13.2. The summed E-state index contributed by atoms with van der Waals surface area (Å²) in [5, 5.41) is 0. The average molecular weight is 258 g/mol. The van der Waals surface area contributed by atoms with Crippen LogP contribution in [0.2, 0.25) is 0 Å². The van der Waals surface area contributed by atoms with Crippen molar-refractivity contribution >= 4 is 0 Å². The summed E-state index contributed by atoms with van der Waals surface area (Å²) in [4.78, 5) is 29.4. The normalized spacial score (nSPS) is 18.0. The first-order valence-corrected chi connectivity index (χ1v) is 6.44. The summed E-state index contributed by atoms with van der Waals surface area (Å²) in [6.45, 7) is 2.50. The zero-order valence-corrected chi connectivity index (χ0v) is 10.5. The molecule has 1 aromatic carbocycles. The number of quaternary nitrogens is 1. The van der Waals surface area contributed by atoms with Crippen LogP contribution in [0.5, 0.6) is 0 Å². The molecule has 5 nitrogen and oxygen atoms in total. The van der Waals surface area contributed by atoms with E-state index in [1.54, 1.807) is 0 Å². The molecule has 1 atom stereocenters. The highest BCUT2D eigenvalue weighted by Gasteiger charge is 2.23. The van der Waals surface area contributed by atoms with E-state index in [1.165, 1.54) is 10.5 Å². The smallest absolute Gasteiger partial charge is 0.325 e. The molecular weight excluding hydrogens is 242 g/mol. The highest BCUT2D eigenvalue weighted by atomic mass is 16.2. The summed E-state index contributed by atoms with van der Waals surface area (Å²) in [5.74, 6) is 0. The monoisotopic (exact) mass is 258 g/mol. The Hall–Kier alpha value is -2.14. The Morgan fingerprint density at radius 2 is 1.89 bits per heavy atom. The Bertz CT molecular complexity index is 688. The zero-order valence-electron chi connectivity index (χ0n) is 10.5. The van der Waals surface area contributed by atoms with Crippen molar-refractivity contribution in [2.45, 2.75) is 19.5 Å². The van der Waals surface area contributed by atoms with Crippen molar-refractivity contribution in [3.63, 3.8) is 0 Å². The number of benzene rings is 1. The highest BCUT2D eigenvalue weighted by molar-refractivity contribution is 5.17. The molecule has 0 saturated heterocycles. The van der Waals surface area contributed by atoms with Crippen molar-refractivity contribution in [1.29, 1.82) is 0 Å². The summed E-state index contributed by atoms with van der Waals surface area (Å²) in [6, 6.07) is 10.2. The molecule has 98 valence electrons. The van der Waals surface area contributed by atoms with Gasteiger partial charge in [0.1, 0.15) is 13.1 Å². The van der Waals surface area contributed by atoms with Crippen LogP contribution in [0.4, 0.5) is 0 Å². The number of rotatable bonds is 2. The molecule has 0 radical (unpaired) electrons. The molecule has 0 saturated carbocycles. The second-order valence-corrected chi connectivity index (χ2v) is 4.95. The van der Waals surface area contributed by atoms with Crippen molar-refractivity contribution in [3.8, 4) is 0 Å². The minimum absolute atomic E-state index is 0.246. The Morgan fingerprint density at radius 1 is 1.11 bits per heavy atom. The Morgan fingerprint density at radius 3 is 2.68 bits per heavy atom. The van der Waals surface area contributed by atoms with Crippen molar-refractivity contribution in [2.75, 3.05) is 6.54 Å². The van der Waals surface area contributed by atoms with Gasteiger partial charge in [-0.3, -0.25) is 9.78 Å². The molecule has 2 heterocycles. The summed E-state index contributed by atoms with van der Waals surface area (Å²) in [6.07, 6.45) is 0.747. The number of fused-ring (bicyclic) bond motifs is 1. The van der Waals surface area contributed by atoms with Gasteiger partial charge in [-0.05, 0) is 0 Å². The van der Waals surface area contributed by atoms with E-state index < -0.39 is 5.69 Å². The quantitative estimate of drug-likeness (QED) is 0.660. The number of aromatic amines is 2. The standard InChI is InChI=1S/C14H15N3O2/c18-13-11-9-17(8-10-4-2-1-3-5-10)7-6-12(11)15-14(19)16-13/h1-5H,6-9H2,(H2,15,16,18,19)/p+1. The van der Waals surface area contributed by atoms with E-state index in [9.17, 15) is 9.59 Å². The van der Waals surface area contributed by atoms with Gasteiger partial charge in [0.15, 0.2) is 0 Å². The Balaban J connectivity index is 1.83. The number of hydrogen-bond acceptors (Lipinski definition) is 2. The van der Waals surface area contributed by atoms with Crippen LogP contribution in [-0.2, 0) is 19.5 Å². The minimum Gasteiger partial charge on any atom is -0.327 e. The molecule has 1 aliphatic heterocycles. The second-order valence-electron chi connectivity index (χ2n) is 4.95. The maximum Gasteiger partial charge on any atom is 0.325 e. The number of aromatic nitrogens is 2. The second kappa shape index (κ2) is 4.85. The van der Waals surface area contributed by atoms with Crippen LogP contribution in [0, 0.1) is 0 Å². The summed E-state index contributed by atoms with van der Waals surface area (Å²) in [7, 11) is 0. The van der Waals surface area contributed by atoms with E-state index >= 15 is 0 Å². The van der Waals surface area contributed by atoms with E-state index in [0.29, 0.717) is 6.54 Å². The van der Waals surface area contributed by atoms with E-state index in [0.717, 1.165) is 30.8 Å². The fraction of sp³-hybridized carbons (Fsp3) is 0.286. The fourth-order valence-electron chi connectivity index (χ4n) is 2.64. The highest BCUT2D eigenvalue weighted by Crippen LogP contribution is 2.02. The lowest BCUT2D eigenvalue weighted by molar-refractivity contribution is -0.929. The lowest BCUT2D eigenvalue weighted by Crippen LogP contribution is -3.10. The van der Waals surface area contributed by atoms with Crippen molar-refractivity contribution in [1.82, 2.24) is 9.97 Å². The molecule has 0 spiro atoms. The van der Waals surface area contributed by atoms with Gasteiger partial charge in [-0.1, -0.05) is 30.3 Å². The van der Waals surface area contributed by atoms with Crippen LogP contribution >= 0.6 is 0 Å². The topological polar surface area (TPSA) is 70.2 Å². The van der Waals surface area contributed by atoms with E-state index in [2.05, 4.69) is 22.1 Å². The van der Waals surface area contributed by atoms with E-state index in [-0.39, 0.29) is 5.56 Å². The van der Waals surface area contributed by atoms with Crippen LogP contribution in [0.15, 0.2) is 39.9 Å². The molecule has 0 bridgehead atoms. The first-order valence-electron chi connectivity index (χ1n) is 6.44. The number of hydrogen-bond donors (Lipinski definition) is 3. The largest absolute Gasteiger partial charge is 0.327 e. The van der Waals surface area contributed by atoms with Gasteiger partial charge in [0.2, 0.25) is 0 Å². The molecule has 3 N–H and O–H groups in total. The third kappa shape index (κ3) is 2.51. The van der Waals surface area contributed by atoms with Crippen LogP contribution in [0.3, 0.4) is 0 Å². The minimum atomic E-state index is -0.407. The van der Waals surface area contributed by atoms with Gasteiger partial charge < -0.3 is 9.88 Å². The van der Waals surface area contributed by atoms with Gasteiger partial charge in [0.05, 0.1) is 12.1 Å². The molecule has 0 amide bonds. The molecule has 0 fully saturated rings. The molecule has 2 aromatic rings. The molecule has 1 aromatic heterocycles. The molecule has 19 heavy (non-hydrogen) atoms. The third-order valence-corrected chi connectivity index (χ3v) is 3.58. The predicted molar refractivity (Wildman–Crippen MR) is 71.1 cm³/mol. The lowest BCUT2D eigenvalue weighted by atomic mass is 10.1.